The van der Waals surface area contributed by atoms with Crippen LogP contribution in [0.3, 0.4) is 0 Å². The van der Waals surface area contributed by atoms with Crippen molar-refractivity contribution in [2.24, 2.45) is 11.8 Å². The van der Waals surface area contributed by atoms with Gasteiger partial charge in [-0.05, 0) is 110 Å². The van der Waals surface area contributed by atoms with Gasteiger partial charge in [0.2, 0.25) is 37.6 Å². The standard InChI is InChI=1S/C28H41NO10Si.C24H31NO9Si.C16H17NO9.C3H4/c1-14-19(16-11-17-22(34-13-33-17)18(12-16)35-15(2)30)20(29-25(31)38-27(3,4)5)23-24(37-26(32)36-23)21(14)39-40(9,10)28(6,7)8;1-10-14-12-8-13-18(30-9-29-13)19(31-11(2)26)15(12)22(27)25-16(14)20-21(33-23(28)32-20)17(10)34-35(6,7)24(3,4)5;1-4(18)26-15-8-5(2-6-14(15)25-3-24-6)7-9(17-16(8)23)11(20)13(22)12(21)10(7)19;1-3-2/h11-12,14,19-21,23-24H,13H2,1-10H3,(H,29,31);8,10,14,16-17,20-21H,9H2,1-7H3,(H,25,27);2,7,9-13,19-22H,3H2,1H3,(H,17,23);1-2H2/t14-,19-,20-,21+,23+,24-;10-,14-,16-,17+,20+,21-;7-,9-,10-,11+,12+,13+;/m111./s1. The van der Waals surface area contributed by atoms with Gasteiger partial charge in [0.05, 0.1) is 47.6 Å². The van der Waals surface area contributed by atoms with Gasteiger partial charge < -0.3 is 112 Å². The van der Waals surface area contributed by atoms with Crippen molar-refractivity contribution in [1.29, 1.82) is 0 Å². The summed E-state index contributed by atoms with van der Waals surface area (Å²) in [5.41, 5.74) is 3.19. The molecule has 3 amide bonds. The molecule has 104 heavy (non-hydrogen) atoms. The molecule has 0 unspecified atom stereocenters. The normalized spacial score (nSPS) is 29.8. The molecule has 5 fully saturated rings. The van der Waals surface area contributed by atoms with Crippen LogP contribution in [-0.2, 0) is 46.9 Å². The van der Waals surface area contributed by atoms with E-state index in [4.69, 9.17) is 75.2 Å². The Kier molecular flexibility index (Phi) is 21.7. The third kappa shape index (κ3) is 15.0. The average molecular weight is 1490 g/mol. The lowest BCUT2D eigenvalue weighted by atomic mass is 9.66. The summed E-state index contributed by atoms with van der Waals surface area (Å²) in [6.45, 7) is 40.4. The minimum atomic E-state index is -2.35. The van der Waals surface area contributed by atoms with Crippen LogP contribution in [0.2, 0.25) is 36.3 Å². The highest BCUT2D eigenvalue weighted by atomic mass is 28.4. The van der Waals surface area contributed by atoms with Gasteiger partial charge in [0, 0.05) is 38.5 Å². The fraction of sp³-hybridized carbons (Fsp3) is 0.592. The van der Waals surface area contributed by atoms with Crippen LogP contribution in [0.15, 0.2) is 43.2 Å². The Labute approximate surface area is 602 Å². The summed E-state index contributed by atoms with van der Waals surface area (Å²) in [4.78, 5) is 99.2. The van der Waals surface area contributed by atoms with E-state index in [1.54, 1.807) is 39.0 Å². The number of alkyl carbamates (subject to hydrolysis) is 1. The van der Waals surface area contributed by atoms with Gasteiger partial charge in [-0.3, -0.25) is 24.0 Å². The van der Waals surface area contributed by atoms with E-state index in [2.05, 4.69) is 103 Å². The lowest BCUT2D eigenvalue weighted by Crippen LogP contribution is -2.66. The first-order valence-corrected chi connectivity index (χ1v) is 39.9. The number of nitrogens with one attached hydrogen (secondary N) is 3. The number of benzene rings is 3. The Morgan fingerprint density at radius 2 is 0.933 bits per heavy atom. The Bertz CT molecular complexity index is 3950. The lowest BCUT2D eigenvalue weighted by molar-refractivity contribution is -0.155. The van der Waals surface area contributed by atoms with E-state index in [0.717, 1.165) is 6.92 Å². The maximum Gasteiger partial charge on any atom is 0.509 e. The molecule has 2 saturated heterocycles. The number of ether oxygens (including phenoxy) is 14. The van der Waals surface area contributed by atoms with Gasteiger partial charge in [-0.25, -0.2) is 14.4 Å². The molecule has 3 aromatic rings. The number of fused-ring (bicyclic) bond motifs is 12. The summed E-state index contributed by atoms with van der Waals surface area (Å²) in [5, 5.41) is 48.9. The minimum absolute atomic E-state index is 0.0277. The molecule has 0 aromatic heterocycles. The molecule has 3 saturated carbocycles. The summed E-state index contributed by atoms with van der Waals surface area (Å²) in [6, 6.07) is 4.34. The second-order valence-corrected chi connectivity index (χ2v) is 40.5. The number of esters is 3. The number of hydrogen-bond acceptors (Lipinski definition) is 28. The molecule has 0 spiro atoms. The zero-order valence-electron chi connectivity index (χ0n) is 61.3. The summed E-state index contributed by atoms with van der Waals surface area (Å²) < 4.78 is 90.9. The van der Waals surface area contributed by atoms with Crippen molar-refractivity contribution >= 4 is 64.8 Å². The summed E-state index contributed by atoms with van der Waals surface area (Å²) in [6.07, 6.45) is -12.5. The Morgan fingerprint density at radius 1 is 0.529 bits per heavy atom. The number of amides is 3. The van der Waals surface area contributed by atoms with Crippen LogP contribution >= 0.6 is 0 Å². The molecule has 0 radical (unpaired) electrons. The second-order valence-electron chi connectivity index (χ2n) is 31.0. The Balaban J connectivity index is 0.000000167. The predicted octanol–water partition coefficient (Wildman–Crippen LogP) is 7.69. The first kappa shape index (κ1) is 77.9. The molecule has 13 rings (SSSR count). The van der Waals surface area contributed by atoms with E-state index in [9.17, 15) is 58.8 Å². The molecule has 10 aliphatic rings. The molecule has 31 nitrogen and oxygen atoms in total. The summed E-state index contributed by atoms with van der Waals surface area (Å²) in [7, 11) is -4.63. The summed E-state index contributed by atoms with van der Waals surface area (Å²) in [5.74, 6) is -3.46. The highest BCUT2D eigenvalue weighted by molar-refractivity contribution is 6.74. The van der Waals surface area contributed by atoms with Crippen molar-refractivity contribution in [2.45, 2.75) is 236 Å². The molecule has 7 aliphatic heterocycles. The smallest absolute Gasteiger partial charge is 0.453 e. The van der Waals surface area contributed by atoms with Crippen molar-refractivity contribution in [3.63, 3.8) is 0 Å². The highest BCUT2D eigenvalue weighted by Crippen LogP contribution is 2.57. The van der Waals surface area contributed by atoms with Crippen LogP contribution in [0.25, 0.3) is 0 Å². The minimum Gasteiger partial charge on any atom is -0.453 e. The zero-order chi connectivity index (χ0) is 76.7. The third-order valence-corrected chi connectivity index (χ3v) is 29.8. The monoisotopic (exact) mass is 1490 g/mol. The van der Waals surface area contributed by atoms with Gasteiger partial charge in [0.25, 0.3) is 11.8 Å². The van der Waals surface area contributed by atoms with Gasteiger partial charge in [-0.1, -0.05) is 68.5 Å². The topological polar surface area (TPSA) is 401 Å². The Morgan fingerprint density at radius 3 is 1.39 bits per heavy atom. The average Bonchev–Trinajstić information content (AvgIpc) is 1.27. The molecule has 3 aliphatic carbocycles. The van der Waals surface area contributed by atoms with Crippen LogP contribution < -0.4 is 58.6 Å². The molecular formula is C71H93N3O28Si2. The number of aliphatic hydroxyl groups excluding tert-OH is 4. The SMILES string of the molecule is C=C=C.CC(=O)Oc1c2c(cc3c1C(=O)N[C@H]1[C@@H]4OC(=O)O[C@@H]4[C@@H](O[Si](C)(C)C(C)(C)C)[C@H](C)[C@H]31)OCO2.CC(=O)Oc1c2c(cc3c1C(=O)N[C@H]1[C@H](O)[C@H](O)[C@@H](O)[C@H](O)[C@H]31)OCO2.CC(=O)Oc1cc([C@H]2[C@@H](C)[C@H](O[Si](C)(C)C(C)(C)C)[C@H]3OC(=O)O[C@H]3[C@@H]2NC(=O)OC(C)(C)C)cc2c1OCO2. The van der Waals surface area contributed by atoms with Crippen molar-refractivity contribution < 1.29 is 134 Å². The number of hydrogen-bond donors (Lipinski definition) is 7. The fourth-order valence-corrected chi connectivity index (χ4v) is 17.0. The van der Waals surface area contributed by atoms with Gasteiger partial charge in [0.15, 0.2) is 75.5 Å². The molecular weight excluding hydrogens is 1400 g/mol. The largest absolute Gasteiger partial charge is 0.509 e. The highest BCUT2D eigenvalue weighted by Gasteiger charge is 2.63. The number of carbonyl (C=O) groups is 8. The van der Waals surface area contributed by atoms with E-state index in [-0.39, 0.29) is 99.4 Å². The van der Waals surface area contributed by atoms with Crippen molar-refractivity contribution in [1.82, 2.24) is 16.0 Å². The van der Waals surface area contributed by atoms with E-state index >= 15 is 0 Å². The number of carbonyl (C=O) groups excluding carboxylic acids is 8. The Hall–Kier alpha value is -8.67. The number of rotatable bonds is 9. The zero-order valence-corrected chi connectivity index (χ0v) is 63.3. The fourth-order valence-electron chi connectivity index (χ4n) is 14.3. The second kappa shape index (κ2) is 29.0. The van der Waals surface area contributed by atoms with Crippen LogP contribution in [0.1, 0.15) is 152 Å². The maximum absolute atomic E-state index is 13.4. The number of aliphatic hydroxyl groups is 4. The van der Waals surface area contributed by atoms with E-state index in [1.165, 1.54) is 19.9 Å². The van der Waals surface area contributed by atoms with E-state index in [1.807, 2.05) is 13.8 Å². The van der Waals surface area contributed by atoms with E-state index in [0.29, 0.717) is 28.4 Å². The lowest BCUT2D eigenvalue weighted by Gasteiger charge is -2.51. The first-order chi connectivity index (χ1) is 48.4. The molecule has 33 heteroatoms. The molecule has 18 atom stereocenters. The van der Waals surface area contributed by atoms with Gasteiger partial charge in [-0.2, -0.15) is 0 Å². The molecule has 0 bridgehead atoms. The van der Waals surface area contributed by atoms with Gasteiger partial charge in [-0.15, -0.1) is 5.73 Å². The van der Waals surface area contributed by atoms with Gasteiger partial charge >= 0.3 is 36.3 Å². The molecule has 568 valence electrons. The van der Waals surface area contributed by atoms with Crippen molar-refractivity contribution in [3.8, 4) is 51.7 Å². The van der Waals surface area contributed by atoms with E-state index < -0.39 is 161 Å². The van der Waals surface area contributed by atoms with Crippen LogP contribution in [-0.4, -0.2) is 190 Å². The van der Waals surface area contributed by atoms with Crippen LogP contribution in [0, 0.1) is 11.8 Å². The summed E-state index contributed by atoms with van der Waals surface area (Å²) >= 11 is 0. The van der Waals surface area contributed by atoms with Crippen molar-refractivity contribution in [2.75, 3.05) is 20.4 Å². The van der Waals surface area contributed by atoms with Crippen molar-refractivity contribution in [3.05, 3.63) is 71.0 Å². The van der Waals surface area contributed by atoms with Gasteiger partial charge in [0.1, 0.15) is 23.9 Å². The molecule has 3 aromatic carbocycles. The van der Waals surface area contributed by atoms with Crippen LogP contribution in [0.4, 0.5) is 14.4 Å². The third-order valence-electron chi connectivity index (χ3n) is 20.9. The van der Waals surface area contributed by atoms with Crippen LogP contribution in [0.5, 0.6) is 51.7 Å². The maximum atomic E-state index is 13.4. The first-order valence-electron chi connectivity index (χ1n) is 34.0. The molecule has 7 N–H and O–H groups in total. The predicted molar refractivity (Wildman–Crippen MR) is 367 cm³/mol. The molecule has 7 heterocycles. The quantitative estimate of drug-likeness (QED) is 0.0355.